The van der Waals surface area contributed by atoms with Gasteiger partial charge < -0.3 is 30.8 Å². The van der Waals surface area contributed by atoms with Crippen LogP contribution in [0.2, 0.25) is 0 Å². The van der Waals surface area contributed by atoms with E-state index in [0.717, 1.165) is 34.6 Å². The van der Waals surface area contributed by atoms with E-state index in [4.69, 9.17) is 19.9 Å². The van der Waals surface area contributed by atoms with Crippen LogP contribution in [0.25, 0.3) is 26.4 Å². The average Bonchev–Trinajstić information content (AvgIpc) is 3.75. The predicted octanol–water partition coefficient (Wildman–Crippen LogP) is 2.51. The molecule has 5 aromatic heterocycles. The van der Waals surface area contributed by atoms with Gasteiger partial charge in [0.15, 0.2) is 17.1 Å². The van der Waals surface area contributed by atoms with Gasteiger partial charge in [0.25, 0.3) is 5.91 Å². The van der Waals surface area contributed by atoms with Crippen LogP contribution in [0.3, 0.4) is 0 Å². The van der Waals surface area contributed by atoms with E-state index in [9.17, 15) is 9.59 Å². The van der Waals surface area contributed by atoms with Gasteiger partial charge in [-0.2, -0.15) is 0 Å². The van der Waals surface area contributed by atoms with Gasteiger partial charge in [0.2, 0.25) is 11.4 Å². The summed E-state index contributed by atoms with van der Waals surface area (Å²) in [6.07, 6.45) is 6.28. The van der Waals surface area contributed by atoms with Crippen LogP contribution in [-0.2, 0) is 11.2 Å². The number of nitrogens with zero attached hydrogens (tertiary/aromatic N) is 5. The summed E-state index contributed by atoms with van der Waals surface area (Å²) < 4.78 is 14.0. The minimum Gasteiger partial charge on any atom is -0.439 e. The highest BCUT2D eigenvalue weighted by Gasteiger charge is 2.28. The minimum absolute atomic E-state index is 0.0507. The molecule has 0 unspecified atom stereocenters. The summed E-state index contributed by atoms with van der Waals surface area (Å²) in [5, 5.41) is 13.8. The monoisotopic (exact) mass is 607 g/mol. The molecule has 1 saturated carbocycles. The molecular formula is C28H31N8O4S2+. The first-order valence-electron chi connectivity index (χ1n) is 14.1. The third-order valence-electron chi connectivity index (χ3n) is 8.02. The highest BCUT2D eigenvalue weighted by molar-refractivity contribution is 7.19. The van der Waals surface area contributed by atoms with Crippen molar-refractivity contribution in [3.8, 4) is 10.4 Å². The normalized spacial score (nSPS) is 19.5. The van der Waals surface area contributed by atoms with Gasteiger partial charge in [0, 0.05) is 52.7 Å². The van der Waals surface area contributed by atoms with Crippen molar-refractivity contribution in [2.24, 2.45) is 5.73 Å². The summed E-state index contributed by atoms with van der Waals surface area (Å²) in [6, 6.07) is 6.02. The fourth-order valence-corrected chi connectivity index (χ4v) is 7.80. The number of carbonyl (C=O) groups excluding carboxylic acids is 1. The molecular weight excluding hydrogens is 576 g/mol. The summed E-state index contributed by atoms with van der Waals surface area (Å²) >= 11 is 2.95. The molecule has 0 aromatic carbocycles. The fraction of sp³-hybridized carbons (Fsp3) is 0.393. The maximum absolute atomic E-state index is 12.9. The number of amides is 1. The Balaban J connectivity index is 1.23. The van der Waals surface area contributed by atoms with Gasteiger partial charge in [-0.1, -0.05) is 6.42 Å². The zero-order valence-electron chi connectivity index (χ0n) is 22.9. The molecule has 2 atom stereocenters. The number of aromatic nitrogens is 4. The van der Waals surface area contributed by atoms with E-state index in [1.165, 1.54) is 17.8 Å². The summed E-state index contributed by atoms with van der Waals surface area (Å²) in [4.78, 5) is 34.4. The lowest BCUT2D eigenvalue weighted by Gasteiger charge is -2.27. The van der Waals surface area contributed by atoms with Crippen molar-refractivity contribution in [1.29, 1.82) is 0 Å². The van der Waals surface area contributed by atoms with Gasteiger partial charge in [-0.25, -0.2) is 4.98 Å². The Morgan fingerprint density at radius 1 is 1.21 bits per heavy atom. The molecule has 2 aliphatic rings. The van der Waals surface area contributed by atoms with Crippen LogP contribution in [0, 0.1) is 0 Å². The summed E-state index contributed by atoms with van der Waals surface area (Å²) in [5.74, 6) is 0.535. The van der Waals surface area contributed by atoms with Crippen LogP contribution in [0.5, 0.6) is 0 Å². The van der Waals surface area contributed by atoms with Gasteiger partial charge in [0.05, 0.1) is 24.9 Å². The first kappa shape index (κ1) is 27.0. The molecule has 5 aromatic rings. The topological polar surface area (TPSA) is 169 Å². The Morgan fingerprint density at radius 2 is 2.05 bits per heavy atom. The van der Waals surface area contributed by atoms with Crippen molar-refractivity contribution < 1.29 is 19.7 Å². The van der Waals surface area contributed by atoms with E-state index in [0.29, 0.717) is 66.2 Å². The van der Waals surface area contributed by atoms with E-state index >= 15 is 0 Å². The number of morpholine rings is 1. The van der Waals surface area contributed by atoms with E-state index in [-0.39, 0.29) is 23.1 Å². The second kappa shape index (κ2) is 11.1. The van der Waals surface area contributed by atoms with Crippen molar-refractivity contribution >= 4 is 56.3 Å². The van der Waals surface area contributed by atoms with E-state index in [1.54, 1.807) is 28.1 Å². The highest BCUT2D eigenvalue weighted by Crippen LogP contribution is 2.38. The number of nitrogens with one attached hydrogen (secondary N) is 1. The van der Waals surface area contributed by atoms with Crippen molar-refractivity contribution in [1.82, 2.24) is 19.6 Å². The van der Waals surface area contributed by atoms with Gasteiger partial charge in [-0.3, -0.25) is 14.0 Å². The van der Waals surface area contributed by atoms with Crippen molar-refractivity contribution in [2.75, 3.05) is 36.5 Å². The standard InChI is InChI=1S/C28H30N8O4S2/c29-17-3-1-2-4-18(17)32-28-33-19(23(26(30)38)27-34-31-14-36(27)28)11-15-5-6-21(42-15)16-13-41-25-20(37)12-22(40-24(16)25)35-7-9-39-10-8-35/h5-6,12-14,17-18H,1-4,7-11,29H2,(H2,30,38)(H,32,33)/p+1/t17-,18+/m1/s1. The van der Waals surface area contributed by atoms with E-state index in [2.05, 4.69) is 21.2 Å². The second-order valence-corrected chi connectivity index (χ2v) is 12.8. The molecule has 0 bridgehead atoms. The molecule has 0 spiro atoms. The first-order chi connectivity index (χ1) is 20.5. The number of nitrogens with two attached hydrogens (primary N) is 1. The Morgan fingerprint density at radius 3 is 2.86 bits per heavy atom. The summed E-state index contributed by atoms with van der Waals surface area (Å²) in [6.45, 7) is 2.55. The zero-order chi connectivity index (χ0) is 28.8. The molecule has 7 rings (SSSR count). The van der Waals surface area contributed by atoms with Crippen LogP contribution in [0.4, 0.5) is 11.8 Å². The third kappa shape index (κ3) is 4.93. The zero-order valence-corrected chi connectivity index (χ0v) is 24.5. The van der Waals surface area contributed by atoms with Crippen LogP contribution in [0.15, 0.2) is 39.1 Å². The predicted molar refractivity (Wildman–Crippen MR) is 161 cm³/mol. The molecule has 218 valence electrons. The second-order valence-electron chi connectivity index (χ2n) is 10.7. The van der Waals surface area contributed by atoms with Crippen LogP contribution >= 0.6 is 22.7 Å². The van der Waals surface area contributed by atoms with E-state index < -0.39 is 5.91 Å². The Kier molecular flexibility index (Phi) is 7.14. The highest BCUT2D eigenvalue weighted by atomic mass is 32.1. The molecule has 1 aliphatic heterocycles. The lowest BCUT2D eigenvalue weighted by atomic mass is 9.91. The van der Waals surface area contributed by atoms with Gasteiger partial charge in [-0.15, -0.1) is 32.9 Å². The van der Waals surface area contributed by atoms with Crippen molar-refractivity contribution in [3.05, 3.63) is 56.3 Å². The van der Waals surface area contributed by atoms with Crippen molar-refractivity contribution in [2.45, 2.75) is 44.2 Å². The summed E-state index contributed by atoms with van der Waals surface area (Å²) in [5.41, 5.74) is 12.7. The largest absolute Gasteiger partial charge is 0.439 e. The number of hydrogen-bond acceptors (Lipinski definition) is 11. The molecule has 42 heavy (non-hydrogen) atoms. The molecule has 1 amide bonds. The summed E-state index contributed by atoms with van der Waals surface area (Å²) in [7, 11) is 0. The number of primary amides is 1. The Hall–Kier alpha value is -3.85. The smallest absolute Gasteiger partial charge is 0.254 e. The number of quaternary nitrogens is 1. The van der Waals surface area contributed by atoms with Gasteiger partial charge in [-0.05, 0) is 25.0 Å². The lowest BCUT2D eigenvalue weighted by Crippen LogP contribution is -2.68. The number of ether oxygens (including phenoxy) is 1. The maximum Gasteiger partial charge on any atom is 0.254 e. The van der Waals surface area contributed by atoms with Crippen LogP contribution in [0.1, 0.15) is 46.6 Å². The van der Waals surface area contributed by atoms with Gasteiger partial charge >= 0.3 is 0 Å². The van der Waals surface area contributed by atoms with Crippen molar-refractivity contribution in [3.63, 3.8) is 0 Å². The molecule has 2 fully saturated rings. The molecule has 6 heterocycles. The fourth-order valence-electron chi connectivity index (χ4n) is 5.80. The SMILES string of the molecule is NC(=O)c1c(Cc2ccc(-c3csc4c(=O)cc(N5CCOCC5)oc34)s2)nc(N[C@H]2CCCC[C@H]2[NH3+])n2cnnc12. The maximum atomic E-state index is 12.9. The van der Waals surface area contributed by atoms with Gasteiger partial charge in [0.1, 0.15) is 22.6 Å². The quantitative estimate of drug-likeness (QED) is 0.252. The molecule has 1 aliphatic carbocycles. The lowest BCUT2D eigenvalue weighted by molar-refractivity contribution is -0.427. The molecule has 12 nitrogen and oxygen atoms in total. The van der Waals surface area contributed by atoms with Crippen LogP contribution in [-0.4, -0.2) is 63.9 Å². The molecule has 1 saturated heterocycles. The number of carbonyl (C=O) groups is 1. The number of hydrogen-bond donors (Lipinski definition) is 3. The molecule has 0 radical (unpaired) electrons. The van der Waals surface area contributed by atoms with Crippen LogP contribution < -0.4 is 27.1 Å². The minimum atomic E-state index is -0.604. The molecule has 14 heteroatoms. The first-order valence-corrected chi connectivity index (χ1v) is 15.7. The Bertz CT molecular complexity index is 1840. The Labute approximate surface area is 248 Å². The average molecular weight is 608 g/mol. The molecule has 6 N–H and O–H groups in total. The number of fused-ring (bicyclic) bond motifs is 2. The number of thiophene rings is 2. The number of anilines is 2. The number of rotatable bonds is 7. The van der Waals surface area contributed by atoms with E-state index in [1.807, 2.05) is 22.4 Å². The third-order valence-corrected chi connectivity index (χ3v) is 10.1.